The molecular formula is C62H40O. The summed E-state index contributed by atoms with van der Waals surface area (Å²) in [6.07, 6.45) is 0. The number of furan rings is 1. The topological polar surface area (TPSA) is 13.1 Å². The van der Waals surface area contributed by atoms with Gasteiger partial charge in [-0.05, 0) is 136 Å². The molecule has 0 atom stereocenters. The van der Waals surface area contributed by atoms with Crippen molar-refractivity contribution < 1.29 is 4.42 Å². The maximum absolute atomic E-state index is 6.42. The normalized spacial score (nSPS) is 11.5. The van der Waals surface area contributed by atoms with Gasteiger partial charge in [0.2, 0.25) is 0 Å². The average Bonchev–Trinajstić information content (AvgIpc) is 3.74. The quantitative estimate of drug-likeness (QED) is 0.146. The van der Waals surface area contributed by atoms with Crippen LogP contribution >= 0.6 is 0 Å². The highest BCUT2D eigenvalue weighted by atomic mass is 16.3. The van der Waals surface area contributed by atoms with E-state index in [0.717, 1.165) is 44.2 Å². The van der Waals surface area contributed by atoms with E-state index in [1.165, 1.54) is 77.2 Å². The number of rotatable bonds is 7. The Morgan fingerprint density at radius 3 is 1.27 bits per heavy atom. The molecule has 0 fully saturated rings. The lowest BCUT2D eigenvalue weighted by Crippen LogP contribution is -1.97. The Morgan fingerprint density at radius 1 is 0.190 bits per heavy atom. The fraction of sp³-hybridized carbons (Fsp3) is 0. The predicted octanol–water partition coefficient (Wildman–Crippen LogP) is 17.6. The Bertz CT molecular complexity index is 3600. The number of fused-ring (bicyclic) bond motifs is 5. The summed E-state index contributed by atoms with van der Waals surface area (Å²) in [7, 11) is 0. The van der Waals surface area contributed by atoms with Gasteiger partial charge in [-0.15, -0.1) is 0 Å². The largest absolute Gasteiger partial charge is 0.456 e. The summed E-state index contributed by atoms with van der Waals surface area (Å²) in [5, 5.41) is 7.08. The average molecular weight is 801 g/mol. The van der Waals surface area contributed by atoms with Crippen LogP contribution in [0, 0.1) is 0 Å². The van der Waals surface area contributed by atoms with E-state index in [0.29, 0.717) is 0 Å². The third kappa shape index (κ3) is 6.33. The second-order valence-corrected chi connectivity index (χ2v) is 16.3. The van der Waals surface area contributed by atoms with Gasteiger partial charge >= 0.3 is 0 Å². The van der Waals surface area contributed by atoms with Gasteiger partial charge in [-0.2, -0.15) is 0 Å². The standard InChI is InChI=1S/C62H40O/c1-4-19-41(20-5-1)44-25-18-26-46(37-44)60-51-30-12-14-32-53(51)61(54-33-15-13-31-52(54)60)62-55(43-23-8-3-9-24-43)39-47(49-28-11-10-27-48(49)42-21-6-2-7-22-42)40-56(62)45-35-36-59-57(38-45)50-29-16-17-34-58(50)63-59/h1-40H. The molecule has 0 spiro atoms. The van der Waals surface area contributed by atoms with Gasteiger partial charge in [0.05, 0.1) is 0 Å². The molecule has 0 radical (unpaired) electrons. The highest BCUT2D eigenvalue weighted by Gasteiger charge is 2.24. The zero-order valence-electron chi connectivity index (χ0n) is 34.5. The molecule has 0 saturated carbocycles. The van der Waals surface area contributed by atoms with E-state index in [2.05, 4.69) is 237 Å². The number of benzene rings is 11. The van der Waals surface area contributed by atoms with Crippen LogP contribution in [0.5, 0.6) is 0 Å². The first kappa shape index (κ1) is 36.6. The van der Waals surface area contributed by atoms with Gasteiger partial charge in [0, 0.05) is 10.8 Å². The molecule has 11 aromatic carbocycles. The van der Waals surface area contributed by atoms with Crippen molar-refractivity contribution >= 4 is 43.5 Å². The number of hydrogen-bond acceptors (Lipinski definition) is 1. The van der Waals surface area contributed by atoms with Crippen LogP contribution in [-0.2, 0) is 0 Å². The summed E-state index contributed by atoms with van der Waals surface area (Å²) in [6, 6.07) is 88.3. The van der Waals surface area contributed by atoms with Crippen LogP contribution in [-0.4, -0.2) is 0 Å². The predicted molar refractivity (Wildman–Crippen MR) is 267 cm³/mol. The van der Waals surface area contributed by atoms with Crippen molar-refractivity contribution in [3.8, 4) is 77.9 Å². The van der Waals surface area contributed by atoms with Crippen molar-refractivity contribution in [3.63, 3.8) is 0 Å². The lowest BCUT2D eigenvalue weighted by molar-refractivity contribution is 0.669. The maximum Gasteiger partial charge on any atom is 0.135 e. The monoisotopic (exact) mass is 800 g/mol. The molecule has 1 aromatic heterocycles. The first-order valence-electron chi connectivity index (χ1n) is 21.7. The Labute approximate surface area is 366 Å². The van der Waals surface area contributed by atoms with E-state index >= 15 is 0 Å². The molecule has 12 rings (SSSR count). The fourth-order valence-corrected chi connectivity index (χ4v) is 9.83. The smallest absolute Gasteiger partial charge is 0.135 e. The van der Waals surface area contributed by atoms with Crippen molar-refractivity contribution in [2.45, 2.75) is 0 Å². The SMILES string of the molecule is c1ccc(-c2cccc(-c3c4ccccc4c(-c4c(-c5ccccc5)cc(-c5ccccc5-c5ccccc5)cc4-c4ccc5oc6ccccc6c5c4)c4ccccc34)c2)cc1. The molecule has 294 valence electrons. The van der Waals surface area contributed by atoms with Crippen molar-refractivity contribution in [1.82, 2.24) is 0 Å². The van der Waals surface area contributed by atoms with Crippen molar-refractivity contribution in [2.24, 2.45) is 0 Å². The zero-order chi connectivity index (χ0) is 41.7. The molecule has 1 nitrogen and oxygen atoms in total. The number of para-hydroxylation sites is 1. The van der Waals surface area contributed by atoms with Crippen molar-refractivity contribution in [1.29, 1.82) is 0 Å². The second-order valence-electron chi connectivity index (χ2n) is 16.3. The Morgan fingerprint density at radius 2 is 0.635 bits per heavy atom. The van der Waals surface area contributed by atoms with Crippen LogP contribution < -0.4 is 0 Å². The van der Waals surface area contributed by atoms with Crippen LogP contribution in [0.15, 0.2) is 247 Å². The molecule has 0 unspecified atom stereocenters. The third-order valence-electron chi connectivity index (χ3n) is 12.7. The molecule has 0 aliphatic carbocycles. The lowest BCUT2D eigenvalue weighted by atomic mass is 9.79. The highest BCUT2D eigenvalue weighted by Crippen LogP contribution is 2.51. The lowest BCUT2D eigenvalue weighted by Gasteiger charge is -2.24. The molecular weight excluding hydrogens is 761 g/mol. The minimum atomic E-state index is 0.883. The summed E-state index contributed by atoms with van der Waals surface area (Å²) in [6.45, 7) is 0. The molecule has 0 N–H and O–H groups in total. The van der Waals surface area contributed by atoms with Crippen LogP contribution in [0.25, 0.3) is 121 Å². The summed E-state index contributed by atoms with van der Waals surface area (Å²) in [5.74, 6) is 0. The Hall–Kier alpha value is -8.26. The van der Waals surface area contributed by atoms with Gasteiger partial charge in [-0.25, -0.2) is 0 Å². The summed E-state index contributed by atoms with van der Waals surface area (Å²) in [4.78, 5) is 0. The molecule has 63 heavy (non-hydrogen) atoms. The molecule has 0 amide bonds. The molecule has 0 aliphatic rings. The molecule has 0 saturated heterocycles. The van der Waals surface area contributed by atoms with Crippen LogP contribution in [0.3, 0.4) is 0 Å². The third-order valence-corrected chi connectivity index (χ3v) is 12.7. The zero-order valence-corrected chi connectivity index (χ0v) is 34.5. The summed E-state index contributed by atoms with van der Waals surface area (Å²) in [5.41, 5.74) is 18.4. The van der Waals surface area contributed by atoms with Crippen molar-refractivity contribution in [3.05, 3.63) is 243 Å². The van der Waals surface area contributed by atoms with E-state index < -0.39 is 0 Å². The minimum absolute atomic E-state index is 0.883. The van der Waals surface area contributed by atoms with Gasteiger partial charge in [0.1, 0.15) is 11.2 Å². The van der Waals surface area contributed by atoms with Crippen LogP contribution in [0.4, 0.5) is 0 Å². The fourth-order valence-electron chi connectivity index (χ4n) is 9.83. The van der Waals surface area contributed by atoms with Crippen molar-refractivity contribution in [2.75, 3.05) is 0 Å². The Kier molecular flexibility index (Phi) is 8.90. The maximum atomic E-state index is 6.42. The summed E-state index contributed by atoms with van der Waals surface area (Å²) < 4.78 is 6.42. The first-order chi connectivity index (χ1) is 31.3. The van der Waals surface area contributed by atoms with Gasteiger partial charge in [-0.1, -0.05) is 206 Å². The first-order valence-corrected chi connectivity index (χ1v) is 21.7. The van der Waals surface area contributed by atoms with Gasteiger partial charge in [-0.3, -0.25) is 0 Å². The van der Waals surface area contributed by atoms with Gasteiger partial charge in [0.15, 0.2) is 0 Å². The minimum Gasteiger partial charge on any atom is -0.456 e. The molecule has 0 bridgehead atoms. The van der Waals surface area contributed by atoms with Crippen LogP contribution in [0.1, 0.15) is 0 Å². The van der Waals surface area contributed by atoms with E-state index in [9.17, 15) is 0 Å². The van der Waals surface area contributed by atoms with E-state index in [1.54, 1.807) is 0 Å². The second kappa shape index (κ2) is 15.3. The Balaban J connectivity index is 1.22. The highest BCUT2D eigenvalue weighted by molar-refractivity contribution is 6.24. The van der Waals surface area contributed by atoms with Gasteiger partial charge in [0.25, 0.3) is 0 Å². The van der Waals surface area contributed by atoms with E-state index in [1.807, 2.05) is 6.07 Å². The van der Waals surface area contributed by atoms with Gasteiger partial charge < -0.3 is 4.42 Å². The molecule has 12 aromatic rings. The summed E-state index contributed by atoms with van der Waals surface area (Å²) >= 11 is 0. The van der Waals surface area contributed by atoms with E-state index in [-0.39, 0.29) is 0 Å². The molecule has 1 heterocycles. The van der Waals surface area contributed by atoms with Crippen LogP contribution in [0.2, 0.25) is 0 Å². The molecule has 1 heteroatoms. The number of hydrogen-bond donors (Lipinski definition) is 0. The molecule has 0 aliphatic heterocycles. The van der Waals surface area contributed by atoms with E-state index in [4.69, 9.17) is 4.42 Å².